The van der Waals surface area contributed by atoms with E-state index in [-0.39, 0.29) is 5.82 Å². The number of ether oxygens (including phenoxy) is 1. The summed E-state index contributed by atoms with van der Waals surface area (Å²) in [6.45, 7) is 1.93. The van der Waals surface area contributed by atoms with Crippen LogP contribution in [0.15, 0.2) is 36.4 Å². The molecule has 0 fully saturated rings. The zero-order valence-electron chi connectivity index (χ0n) is 10.8. The van der Waals surface area contributed by atoms with Crippen LogP contribution in [0.1, 0.15) is 22.8 Å². The molecule has 0 saturated carbocycles. The van der Waals surface area contributed by atoms with Gasteiger partial charge >= 0.3 is 0 Å². The van der Waals surface area contributed by atoms with Crippen molar-refractivity contribution in [3.63, 3.8) is 0 Å². The molecule has 2 N–H and O–H groups in total. The van der Waals surface area contributed by atoms with E-state index in [2.05, 4.69) is 22.6 Å². The SMILES string of the molecule is CCc1c(C(N)=O)ccc(I)c1Oc1ccc(F)cc1. The highest BCUT2D eigenvalue weighted by atomic mass is 127. The predicted molar refractivity (Wildman–Crippen MR) is 83.5 cm³/mol. The van der Waals surface area contributed by atoms with Crippen LogP contribution in [0, 0.1) is 9.39 Å². The maximum atomic E-state index is 12.9. The van der Waals surface area contributed by atoms with E-state index in [1.807, 2.05) is 6.92 Å². The first kappa shape index (κ1) is 14.8. The lowest BCUT2D eigenvalue weighted by Crippen LogP contribution is -2.14. The second kappa shape index (κ2) is 6.21. The van der Waals surface area contributed by atoms with Crippen molar-refractivity contribution in [1.82, 2.24) is 0 Å². The molecule has 3 nitrogen and oxygen atoms in total. The molecule has 0 aliphatic heterocycles. The molecule has 0 heterocycles. The number of carbonyl (C=O) groups excluding carboxylic acids is 1. The third-order valence-electron chi connectivity index (χ3n) is 2.87. The smallest absolute Gasteiger partial charge is 0.249 e. The lowest BCUT2D eigenvalue weighted by atomic mass is 10.0. The Bertz CT molecular complexity index is 641. The highest BCUT2D eigenvalue weighted by Gasteiger charge is 2.16. The first-order chi connectivity index (χ1) is 9.52. The molecule has 104 valence electrons. The Morgan fingerprint density at radius 3 is 2.45 bits per heavy atom. The monoisotopic (exact) mass is 385 g/mol. The van der Waals surface area contributed by atoms with E-state index in [1.165, 1.54) is 12.1 Å². The van der Waals surface area contributed by atoms with Crippen molar-refractivity contribution < 1.29 is 13.9 Å². The lowest BCUT2D eigenvalue weighted by Gasteiger charge is -2.14. The fraction of sp³-hybridized carbons (Fsp3) is 0.133. The zero-order chi connectivity index (χ0) is 14.7. The van der Waals surface area contributed by atoms with Gasteiger partial charge in [0.2, 0.25) is 5.91 Å². The van der Waals surface area contributed by atoms with E-state index in [0.717, 1.165) is 9.13 Å². The molecule has 1 amide bonds. The molecule has 20 heavy (non-hydrogen) atoms. The van der Waals surface area contributed by atoms with Crippen LogP contribution in [0.3, 0.4) is 0 Å². The van der Waals surface area contributed by atoms with E-state index < -0.39 is 5.91 Å². The number of hydrogen-bond donors (Lipinski definition) is 1. The van der Waals surface area contributed by atoms with Crippen LogP contribution >= 0.6 is 22.6 Å². The van der Waals surface area contributed by atoms with Crippen molar-refractivity contribution in [2.45, 2.75) is 13.3 Å². The van der Waals surface area contributed by atoms with Crippen molar-refractivity contribution in [3.05, 3.63) is 56.9 Å². The van der Waals surface area contributed by atoms with Crippen LogP contribution in [0.2, 0.25) is 0 Å². The summed E-state index contributed by atoms with van der Waals surface area (Å²) in [7, 11) is 0. The summed E-state index contributed by atoms with van der Waals surface area (Å²) in [5.41, 5.74) is 6.58. The molecule has 2 aromatic rings. The standard InChI is InChI=1S/C15H13FINO2/c1-2-11-12(15(18)19)7-8-13(17)14(11)20-10-5-3-9(16)4-6-10/h3-8H,2H2,1H3,(H2,18,19). The molecule has 0 aliphatic carbocycles. The number of rotatable bonds is 4. The molecule has 2 aromatic carbocycles. The molecule has 0 bridgehead atoms. The van der Waals surface area contributed by atoms with Gasteiger partial charge in [0.25, 0.3) is 0 Å². The Balaban J connectivity index is 2.47. The summed E-state index contributed by atoms with van der Waals surface area (Å²) in [5, 5.41) is 0. The first-order valence-corrected chi connectivity index (χ1v) is 7.15. The van der Waals surface area contributed by atoms with Crippen LogP contribution < -0.4 is 10.5 Å². The summed E-state index contributed by atoms with van der Waals surface area (Å²) in [6, 6.07) is 9.21. The normalized spacial score (nSPS) is 10.3. The van der Waals surface area contributed by atoms with Gasteiger partial charge in [-0.2, -0.15) is 0 Å². The molecular formula is C15H13FINO2. The van der Waals surface area contributed by atoms with Crippen LogP contribution in [-0.4, -0.2) is 5.91 Å². The lowest BCUT2D eigenvalue weighted by molar-refractivity contribution is 0.0999. The molecule has 0 atom stereocenters. The van der Waals surface area contributed by atoms with E-state index >= 15 is 0 Å². The van der Waals surface area contributed by atoms with Crippen LogP contribution in [0.5, 0.6) is 11.5 Å². The van der Waals surface area contributed by atoms with Crippen molar-refractivity contribution in [2.75, 3.05) is 0 Å². The quantitative estimate of drug-likeness (QED) is 0.813. The number of benzene rings is 2. The minimum atomic E-state index is -0.484. The van der Waals surface area contributed by atoms with Gasteiger partial charge in [-0.05, 0) is 65.4 Å². The van der Waals surface area contributed by atoms with Gasteiger partial charge in [0, 0.05) is 11.1 Å². The first-order valence-electron chi connectivity index (χ1n) is 6.07. The molecule has 0 saturated heterocycles. The van der Waals surface area contributed by atoms with Crippen molar-refractivity contribution in [1.29, 1.82) is 0 Å². The second-order valence-corrected chi connectivity index (χ2v) is 5.34. The van der Waals surface area contributed by atoms with E-state index in [0.29, 0.717) is 23.5 Å². The summed E-state index contributed by atoms with van der Waals surface area (Å²) in [5.74, 6) is 0.299. The molecule has 0 aromatic heterocycles. The average Bonchev–Trinajstić information content (AvgIpc) is 2.42. The molecule has 0 spiro atoms. The highest BCUT2D eigenvalue weighted by Crippen LogP contribution is 2.33. The van der Waals surface area contributed by atoms with Gasteiger partial charge in [-0.1, -0.05) is 6.92 Å². The van der Waals surface area contributed by atoms with Gasteiger partial charge in [-0.25, -0.2) is 4.39 Å². The Morgan fingerprint density at radius 2 is 1.90 bits per heavy atom. The Labute approximate surface area is 130 Å². The average molecular weight is 385 g/mol. The fourth-order valence-corrected chi connectivity index (χ4v) is 2.53. The minimum absolute atomic E-state index is 0.325. The molecule has 0 radical (unpaired) electrons. The largest absolute Gasteiger partial charge is 0.456 e. The molecule has 0 unspecified atom stereocenters. The summed E-state index contributed by atoms with van der Waals surface area (Å²) in [4.78, 5) is 11.5. The van der Waals surface area contributed by atoms with Gasteiger partial charge in [0.1, 0.15) is 17.3 Å². The number of amides is 1. The predicted octanol–water partition coefficient (Wildman–Crippen LogP) is 3.88. The van der Waals surface area contributed by atoms with E-state index in [9.17, 15) is 9.18 Å². The van der Waals surface area contributed by atoms with Gasteiger partial charge in [-0.3, -0.25) is 4.79 Å². The Hall–Kier alpha value is -1.63. The van der Waals surface area contributed by atoms with Crippen molar-refractivity contribution in [2.24, 2.45) is 5.73 Å². The highest BCUT2D eigenvalue weighted by molar-refractivity contribution is 14.1. The zero-order valence-corrected chi connectivity index (χ0v) is 13.0. The van der Waals surface area contributed by atoms with Crippen LogP contribution in [0.4, 0.5) is 4.39 Å². The number of carbonyl (C=O) groups is 1. The minimum Gasteiger partial charge on any atom is -0.456 e. The Kier molecular flexibility index (Phi) is 4.59. The van der Waals surface area contributed by atoms with Crippen LogP contribution in [-0.2, 0) is 6.42 Å². The topological polar surface area (TPSA) is 52.3 Å². The van der Waals surface area contributed by atoms with Gasteiger partial charge in [0.15, 0.2) is 0 Å². The Morgan fingerprint density at radius 1 is 1.25 bits per heavy atom. The number of nitrogens with two attached hydrogens (primary N) is 1. The third kappa shape index (κ3) is 3.09. The summed E-state index contributed by atoms with van der Waals surface area (Å²) in [6.07, 6.45) is 0.617. The molecule has 2 rings (SSSR count). The second-order valence-electron chi connectivity index (χ2n) is 4.18. The molecule has 5 heteroatoms. The fourth-order valence-electron chi connectivity index (χ4n) is 1.91. The number of hydrogen-bond acceptors (Lipinski definition) is 2. The van der Waals surface area contributed by atoms with Crippen LogP contribution in [0.25, 0.3) is 0 Å². The maximum Gasteiger partial charge on any atom is 0.249 e. The third-order valence-corrected chi connectivity index (χ3v) is 3.71. The van der Waals surface area contributed by atoms with Crippen molar-refractivity contribution in [3.8, 4) is 11.5 Å². The summed E-state index contributed by atoms with van der Waals surface area (Å²) < 4.78 is 19.6. The van der Waals surface area contributed by atoms with Gasteiger partial charge < -0.3 is 10.5 Å². The maximum absolute atomic E-state index is 12.9. The molecule has 0 aliphatic rings. The number of primary amides is 1. The summed E-state index contributed by atoms with van der Waals surface area (Å²) >= 11 is 2.13. The van der Waals surface area contributed by atoms with E-state index in [4.69, 9.17) is 10.5 Å². The number of halogens is 2. The van der Waals surface area contributed by atoms with Gasteiger partial charge in [0.05, 0.1) is 3.57 Å². The van der Waals surface area contributed by atoms with Crippen molar-refractivity contribution >= 4 is 28.5 Å². The van der Waals surface area contributed by atoms with E-state index in [1.54, 1.807) is 24.3 Å². The molecular weight excluding hydrogens is 372 g/mol. The van der Waals surface area contributed by atoms with Gasteiger partial charge in [-0.15, -0.1) is 0 Å².